The summed E-state index contributed by atoms with van der Waals surface area (Å²) in [6.45, 7) is 1.75. The number of carbonyl (C=O) groups is 4. The molecule has 0 saturated heterocycles. The molecule has 4 aromatic rings. The van der Waals surface area contributed by atoms with Crippen LogP contribution in [0, 0.1) is 0 Å². The van der Waals surface area contributed by atoms with Crippen molar-refractivity contribution in [3.05, 3.63) is 83.4 Å². The molecule has 1 heterocycles. The largest absolute Gasteiger partial charge is 0.478 e. The highest BCUT2D eigenvalue weighted by atomic mass is 32.2. The van der Waals surface area contributed by atoms with Gasteiger partial charge >= 0.3 is 11.9 Å². The minimum Gasteiger partial charge on any atom is -0.478 e. The van der Waals surface area contributed by atoms with Crippen LogP contribution in [-0.2, 0) is 4.79 Å². The van der Waals surface area contributed by atoms with Gasteiger partial charge in [-0.15, -0.1) is 11.8 Å². The predicted molar refractivity (Wildman–Crippen MR) is 138 cm³/mol. The SMILES string of the molecule is CC(Sc1cccc(NC(=O)c2ccc(C(=O)O)cc2C(=O)O)c1)C(=O)Nc1nc2ccccc2s1. The summed E-state index contributed by atoms with van der Waals surface area (Å²) in [5.41, 5.74) is 0.375. The van der Waals surface area contributed by atoms with Crippen LogP contribution in [0.3, 0.4) is 0 Å². The fourth-order valence-corrected chi connectivity index (χ4v) is 5.08. The van der Waals surface area contributed by atoms with Gasteiger partial charge in [-0.1, -0.05) is 29.5 Å². The molecule has 0 aliphatic heterocycles. The highest BCUT2D eigenvalue weighted by molar-refractivity contribution is 8.00. The molecular formula is C25H19N3O6S2. The molecule has 3 aromatic carbocycles. The van der Waals surface area contributed by atoms with E-state index in [2.05, 4.69) is 15.6 Å². The van der Waals surface area contributed by atoms with Gasteiger partial charge in [0.15, 0.2) is 5.13 Å². The highest BCUT2D eigenvalue weighted by Crippen LogP contribution is 2.29. The molecule has 0 fully saturated rings. The molecule has 0 spiro atoms. The zero-order chi connectivity index (χ0) is 25.8. The van der Waals surface area contributed by atoms with Crippen molar-refractivity contribution in [1.82, 2.24) is 4.98 Å². The molecule has 1 unspecified atom stereocenters. The number of thioether (sulfide) groups is 1. The molecular weight excluding hydrogens is 502 g/mol. The van der Waals surface area contributed by atoms with Crippen molar-refractivity contribution in [3.8, 4) is 0 Å². The molecule has 0 saturated carbocycles. The number of amides is 2. The van der Waals surface area contributed by atoms with Crippen molar-refractivity contribution in [2.24, 2.45) is 0 Å². The van der Waals surface area contributed by atoms with E-state index in [4.69, 9.17) is 5.11 Å². The van der Waals surface area contributed by atoms with E-state index in [1.54, 1.807) is 31.2 Å². The van der Waals surface area contributed by atoms with Crippen LogP contribution in [0.4, 0.5) is 10.8 Å². The Balaban J connectivity index is 1.43. The van der Waals surface area contributed by atoms with Gasteiger partial charge in [-0.2, -0.15) is 0 Å². The van der Waals surface area contributed by atoms with E-state index in [9.17, 15) is 24.3 Å². The summed E-state index contributed by atoms with van der Waals surface area (Å²) < 4.78 is 0.972. The molecule has 1 aromatic heterocycles. The van der Waals surface area contributed by atoms with Crippen LogP contribution in [0.1, 0.15) is 38.0 Å². The topological polar surface area (TPSA) is 146 Å². The molecule has 36 heavy (non-hydrogen) atoms. The van der Waals surface area contributed by atoms with E-state index in [0.29, 0.717) is 15.7 Å². The van der Waals surface area contributed by atoms with Crippen LogP contribution in [0.25, 0.3) is 10.2 Å². The molecule has 4 rings (SSSR count). The number of anilines is 2. The number of rotatable bonds is 8. The number of carboxylic acids is 2. The third kappa shape index (κ3) is 5.70. The molecule has 1 atom stereocenters. The maximum Gasteiger partial charge on any atom is 0.336 e. The van der Waals surface area contributed by atoms with Gasteiger partial charge in [0, 0.05) is 10.6 Å². The van der Waals surface area contributed by atoms with Gasteiger partial charge in [-0.3, -0.25) is 9.59 Å². The minimum atomic E-state index is -1.42. The first-order chi connectivity index (χ1) is 17.2. The lowest BCUT2D eigenvalue weighted by atomic mass is 10.0. The standard InChI is InChI=1S/C25H19N3O6S2/c1-13(21(29)28-25-27-19-7-2-3-8-20(19)36-25)35-16-6-4-5-15(12-16)26-22(30)17-10-9-14(23(31)32)11-18(17)24(33)34/h2-13H,1H3,(H,26,30)(H,31,32)(H,33,34)(H,27,28,29). The first kappa shape index (κ1) is 24.9. The summed E-state index contributed by atoms with van der Waals surface area (Å²) in [5.74, 6) is -3.64. The summed E-state index contributed by atoms with van der Waals surface area (Å²) in [5, 5.41) is 24.0. The molecule has 11 heteroatoms. The number of aromatic carboxylic acids is 2. The van der Waals surface area contributed by atoms with Crippen LogP contribution < -0.4 is 10.6 Å². The van der Waals surface area contributed by atoms with E-state index in [1.807, 2.05) is 24.3 Å². The summed E-state index contributed by atoms with van der Waals surface area (Å²) >= 11 is 2.67. The summed E-state index contributed by atoms with van der Waals surface area (Å²) in [7, 11) is 0. The smallest absolute Gasteiger partial charge is 0.336 e. The van der Waals surface area contributed by atoms with Gasteiger partial charge in [-0.05, 0) is 55.5 Å². The van der Waals surface area contributed by atoms with Crippen LogP contribution >= 0.6 is 23.1 Å². The number of nitrogens with one attached hydrogen (secondary N) is 2. The Morgan fingerprint density at radius 1 is 0.889 bits per heavy atom. The Morgan fingerprint density at radius 2 is 1.67 bits per heavy atom. The fourth-order valence-electron chi connectivity index (χ4n) is 3.29. The average Bonchev–Trinajstić information content (AvgIpc) is 3.26. The van der Waals surface area contributed by atoms with Crippen molar-refractivity contribution in [2.45, 2.75) is 17.1 Å². The third-order valence-corrected chi connectivity index (χ3v) is 7.09. The second kappa shape index (κ2) is 10.6. The van der Waals surface area contributed by atoms with Crippen LogP contribution in [-0.4, -0.2) is 44.2 Å². The lowest BCUT2D eigenvalue weighted by Crippen LogP contribution is -2.22. The lowest BCUT2D eigenvalue weighted by molar-refractivity contribution is -0.115. The number of thiazole rings is 1. The van der Waals surface area contributed by atoms with E-state index in [1.165, 1.54) is 29.2 Å². The van der Waals surface area contributed by atoms with Crippen molar-refractivity contribution in [2.75, 3.05) is 10.6 Å². The summed E-state index contributed by atoms with van der Waals surface area (Å²) in [6, 6.07) is 17.6. The van der Waals surface area contributed by atoms with E-state index >= 15 is 0 Å². The molecule has 0 aliphatic carbocycles. The molecule has 9 nitrogen and oxygen atoms in total. The van der Waals surface area contributed by atoms with Crippen LogP contribution in [0.15, 0.2) is 71.6 Å². The first-order valence-electron chi connectivity index (χ1n) is 10.6. The zero-order valence-corrected chi connectivity index (χ0v) is 20.4. The fraction of sp³-hybridized carbons (Fsp3) is 0.0800. The highest BCUT2D eigenvalue weighted by Gasteiger charge is 2.20. The van der Waals surface area contributed by atoms with E-state index in [0.717, 1.165) is 22.3 Å². The molecule has 0 bridgehead atoms. The Bertz CT molecular complexity index is 1470. The van der Waals surface area contributed by atoms with Crippen molar-refractivity contribution >= 4 is 67.9 Å². The molecule has 0 aliphatic rings. The number of benzene rings is 3. The summed E-state index contributed by atoms with van der Waals surface area (Å²) in [4.78, 5) is 53.2. The van der Waals surface area contributed by atoms with Crippen molar-refractivity contribution in [1.29, 1.82) is 0 Å². The minimum absolute atomic E-state index is 0.172. The number of hydrogen-bond donors (Lipinski definition) is 4. The third-order valence-electron chi connectivity index (χ3n) is 5.04. The number of fused-ring (bicyclic) bond motifs is 1. The number of carboxylic acid groups (broad SMARTS) is 2. The maximum absolute atomic E-state index is 12.7. The summed E-state index contributed by atoms with van der Waals surface area (Å²) in [6.07, 6.45) is 0. The van der Waals surface area contributed by atoms with Crippen LogP contribution in [0.2, 0.25) is 0 Å². The van der Waals surface area contributed by atoms with Crippen LogP contribution in [0.5, 0.6) is 0 Å². The van der Waals surface area contributed by atoms with E-state index < -0.39 is 28.7 Å². The van der Waals surface area contributed by atoms with Gasteiger partial charge in [0.1, 0.15) is 0 Å². The molecule has 182 valence electrons. The zero-order valence-electron chi connectivity index (χ0n) is 18.7. The average molecular weight is 522 g/mol. The van der Waals surface area contributed by atoms with Crippen molar-refractivity contribution < 1.29 is 29.4 Å². The van der Waals surface area contributed by atoms with Gasteiger partial charge in [0.25, 0.3) is 5.91 Å². The number of nitrogens with zero attached hydrogens (tertiary/aromatic N) is 1. The molecule has 0 radical (unpaired) electrons. The Labute approximate surface area is 213 Å². The number of carbonyl (C=O) groups excluding carboxylic acids is 2. The number of hydrogen-bond acceptors (Lipinski definition) is 7. The lowest BCUT2D eigenvalue weighted by Gasteiger charge is -2.12. The quantitative estimate of drug-likeness (QED) is 0.235. The van der Waals surface area contributed by atoms with Gasteiger partial charge in [-0.25, -0.2) is 14.6 Å². The van der Waals surface area contributed by atoms with Gasteiger partial charge < -0.3 is 20.8 Å². The van der Waals surface area contributed by atoms with Crippen molar-refractivity contribution in [3.63, 3.8) is 0 Å². The second-order valence-corrected chi connectivity index (χ2v) is 10.0. The monoisotopic (exact) mass is 521 g/mol. The van der Waals surface area contributed by atoms with Gasteiger partial charge in [0.2, 0.25) is 5.91 Å². The number of aromatic nitrogens is 1. The van der Waals surface area contributed by atoms with E-state index in [-0.39, 0.29) is 17.0 Å². The normalized spacial score (nSPS) is 11.6. The predicted octanol–water partition coefficient (Wildman–Crippen LogP) is 5.06. The number of para-hydroxylation sites is 1. The molecule has 2 amide bonds. The maximum atomic E-state index is 12.7. The second-order valence-electron chi connectivity index (χ2n) is 7.59. The Kier molecular flexibility index (Phi) is 7.32. The molecule has 4 N–H and O–H groups in total. The Hall–Kier alpha value is -4.22. The van der Waals surface area contributed by atoms with Gasteiger partial charge in [0.05, 0.1) is 32.2 Å². The Morgan fingerprint density at radius 3 is 2.39 bits per heavy atom. The first-order valence-corrected chi connectivity index (χ1v) is 12.3.